The normalized spacial score (nSPS) is 22.2. The number of ether oxygens (including phenoxy) is 1. The summed E-state index contributed by atoms with van der Waals surface area (Å²) in [5, 5.41) is 9.90. The van der Waals surface area contributed by atoms with Gasteiger partial charge >= 0.3 is 0 Å². The fourth-order valence-corrected chi connectivity index (χ4v) is 4.55. The zero-order chi connectivity index (χ0) is 22.0. The van der Waals surface area contributed by atoms with Gasteiger partial charge in [-0.1, -0.05) is 37.0 Å². The zero-order valence-corrected chi connectivity index (χ0v) is 17.7. The summed E-state index contributed by atoms with van der Waals surface area (Å²) in [6.07, 6.45) is 0.384. The minimum Gasteiger partial charge on any atom is -0.497 e. The van der Waals surface area contributed by atoms with E-state index >= 15 is 0 Å². The Bertz CT molecular complexity index is 1040. The number of nitrogens with zero attached hydrogens (tertiary/aromatic N) is 2. The highest BCUT2D eigenvalue weighted by Gasteiger charge is 2.54. The van der Waals surface area contributed by atoms with Gasteiger partial charge in [-0.3, -0.25) is 9.59 Å². The Kier molecular flexibility index (Phi) is 5.97. The molecule has 2 aliphatic rings. The topological polar surface area (TPSA) is 70.1 Å². The lowest BCUT2D eigenvalue weighted by atomic mass is 9.73. The van der Waals surface area contributed by atoms with Crippen LogP contribution in [0.1, 0.15) is 36.0 Å². The van der Waals surface area contributed by atoms with Crippen LogP contribution in [0.4, 0.5) is 0 Å². The molecule has 0 aliphatic carbocycles. The largest absolute Gasteiger partial charge is 0.497 e. The summed E-state index contributed by atoms with van der Waals surface area (Å²) >= 11 is 0. The summed E-state index contributed by atoms with van der Waals surface area (Å²) < 4.78 is 5.23. The Morgan fingerprint density at radius 2 is 1.90 bits per heavy atom. The van der Waals surface area contributed by atoms with E-state index in [1.54, 1.807) is 23.8 Å². The minimum atomic E-state index is -0.245. The fraction of sp³-hybridized carbons (Fsp3) is 0.360. The second-order valence-corrected chi connectivity index (χ2v) is 7.88. The van der Waals surface area contributed by atoms with Gasteiger partial charge in [-0.05, 0) is 35.9 Å². The quantitative estimate of drug-likeness (QED) is 0.772. The Hall–Kier alpha value is -3.30. The summed E-state index contributed by atoms with van der Waals surface area (Å²) in [6.45, 7) is 2.33. The van der Waals surface area contributed by atoms with Crippen molar-refractivity contribution in [2.24, 2.45) is 0 Å². The van der Waals surface area contributed by atoms with Gasteiger partial charge in [0.05, 0.1) is 32.3 Å². The third-order valence-corrected chi connectivity index (χ3v) is 6.12. The van der Waals surface area contributed by atoms with E-state index in [1.807, 2.05) is 48.5 Å². The number of piperazine rings is 1. The first-order chi connectivity index (χ1) is 15.0. The smallest absolute Gasteiger partial charge is 0.242 e. The van der Waals surface area contributed by atoms with Crippen LogP contribution in [0.15, 0.2) is 48.5 Å². The number of carbonyl (C=O) groups is 2. The van der Waals surface area contributed by atoms with Crippen LogP contribution in [0.5, 0.6) is 5.75 Å². The van der Waals surface area contributed by atoms with Crippen molar-refractivity contribution in [2.75, 3.05) is 26.8 Å². The number of aliphatic hydroxyl groups is 1. The number of hydrogen-bond acceptors (Lipinski definition) is 4. The molecule has 31 heavy (non-hydrogen) atoms. The third-order valence-electron chi connectivity index (χ3n) is 6.12. The molecular weight excluding hydrogens is 392 g/mol. The molecule has 1 N–H and O–H groups in total. The van der Waals surface area contributed by atoms with E-state index in [1.165, 1.54) is 0 Å². The van der Waals surface area contributed by atoms with E-state index in [4.69, 9.17) is 4.74 Å². The van der Waals surface area contributed by atoms with Gasteiger partial charge in [0.15, 0.2) is 0 Å². The maximum atomic E-state index is 12.5. The summed E-state index contributed by atoms with van der Waals surface area (Å²) in [6, 6.07) is 15.2. The minimum absolute atomic E-state index is 0.00167. The molecule has 160 valence electrons. The van der Waals surface area contributed by atoms with Crippen molar-refractivity contribution < 1.29 is 19.4 Å². The first-order valence-electron chi connectivity index (χ1n) is 10.5. The number of methoxy groups -OCH3 is 1. The number of aliphatic hydroxyl groups excluding tert-OH is 1. The Morgan fingerprint density at radius 1 is 1.16 bits per heavy atom. The molecule has 0 saturated carbocycles. The van der Waals surface area contributed by atoms with Gasteiger partial charge in [0.2, 0.25) is 11.8 Å². The molecular formula is C25H26N2O4. The van der Waals surface area contributed by atoms with E-state index in [9.17, 15) is 14.7 Å². The highest BCUT2D eigenvalue weighted by atomic mass is 16.5. The lowest BCUT2D eigenvalue weighted by Crippen LogP contribution is -2.73. The van der Waals surface area contributed by atoms with Gasteiger partial charge in [0.25, 0.3) is 0 Å². The van der Waals surface area contributed by atoms with Crippen molar-refractivity contribution in [3.8, 4) is 17.6 Å². The van der Waals surface area contributed by atoms with E-state index < -0.39 is 0 Å². The number of benzene rings is 2. The van der Waals surface area contributed by atoms with E-state index in [-0.39, 0.29) is 43.0 Å². The molecule has 2 heterocycles. The zero-order valence-electron chi connectivity index (χ0n) is 17.7. The lowest BCUT2D eigenvalue weighted by molar-refractivity contribution is -0.166. The molecule has 6 heteroatoms. The molecule has 0 spiro atoms. The molecule has 2 saturated heterocycles. The molecule has 2 fully saturated rings. The van der Waals surface area contributed by atoms with Gasteiger partial charge in [0.1, 0.15) is 5.75 Å². The van der Waals surface area contributed by atoms with E-state index in [0.717, 1.165) is 22.4 Å². The molecule has 0 bridgehead atoms. The molecule has 6 nitrogen and oxygen atoms in total. The molecule has 2 aliphatic heterocycles. The van der Waals surface area contributed by atoms with Crippen molar-refractivity contribution >= 4 is 11.8 Å². The first kappa shape index (κ1) is 21.0. The van der Waals surface area contributed by atoms with Crippen molar-refractivity contribution in [2.45, 2.75) is 31.3 Å². The van der Waals surface area contributed by atoms with Crippen molar-refractivity contribution in [1.82, 2.24) is 9.80 Å². The van der Waals surface area contributed by atoms with Crippen LogP contribution in [0.3, 0.4) is 0 Å². The molecule has 2 aromatic carbocycles. The van der Waals surface area contributed by atoms with Gasteiger partial charge in [-0.15, -0.1) is 0 Å². The number of hydrogen-bond donors (Lipinski definition) is 1. The Balaban J connectivity index is 1.52. The van der Waals surface area contributed by atoms with Crippen LogP contribution in [0.25, 0.3) is 0 Å². The summed E-state index contributed by atoms with van der Waals surface area (Å²) in [4.78, 5) is 28.1. The van der Waals surface area contributed by atoms with Crippen LogP contribution in [-0.4, -0.2) is 65.6 Å². The average molecular weight is 418 g/mol. The van der Waals surface area contributed by atoms with E-state index in [0.29, 0.717) is 13.0 Å². The monoisotopic (exact) mass is 418 g/mol. The van der Waals surface area contributed by atoms with Gasteiger partial charge in [-0.2, -0.15) is 0 Å². The van der Waals surface area contributed by atoms with Crippen LogP contribution < -0.4 is 4.74 Å². The molecule has 0 aromatic heterocycles. The van der Waals surface area contributed by atoms with Crippen LogP contribution in [-0.2, 0) is 9.59 Å². The SMILES string of the molecule is CCC(=O)N1CC(=O)N2[C@H](CO)[C@H](c3ccc(C#Cc4cccc(OC)c4)cc3)[C@H]2C1. The number of fused-ring (bicyclic) bond motifs is 1. The average Bonchev–Trinajstić information content (AvgIpc) is 2.79. The van der Waals surface area contributed by atoms with Gasteiger partial charge in [0, 0.05) is 30.0 Å². The maximum Gasteiger partial charge on any atom is 0.242 e. The van der Waals surface area contributed by atoms with Crippen molar-refractivity contribution in [3.63, 3.8) is 0 Å². The number of amides is 2. The second kappa shape index (κ2) is 8.83. The van der Waals surface area contributed by atoms with Gasteiger partial charge in [-0.25, -0.2) is 0 Å². The molecule has 2 amide bonds. The highest BCUT2D eigenvalue weighted by molar-refractivity contribution is 5.87. The third kappa shape index (κ3) is 4.01. The van der Waals surface area contributed by atoms with Crippen LogP contribution in [0.2, 0.25) is 0 Å². The van der Waals surface area contributed by atoms with Gasteiger partial charge < -0.3 is 19.6 Å². The fourth-order valence-electron chi connectivity index (χ4n) is 4.55. The molecule has 2 aromatic rings. The van der Waals surface area contributed by atoms with Crippen LogP contribution >= 0.6 is 0 Å². The van der Waals surface area contributed by atoms with Crippen LogP contribution in [0, 0.1) is 11.8 Å². The summed E-state index contributed by atoms with van der Waals surface area (Å²) in [5.74, 6) is 6.97. The lowest BCUT2D eigenvalue weighted by Gasteiger charge is -2.58. The first-order valence-corrected chi connectivity index (χ1v) is 10.5. The molecule has 4 rings (SSSR count). The number of rotatable bonds is 4. The highest BCUT2D eigenvalue weighted by Crippen LogP contribution is 2.42. The number of carbonyl (C=O) groups excluding carboxylic acids is 2. The maximum absolute atomic E-state index is 12.5. The molecule has 0 radical (unpaired) electrons. The molecule has 0 unspecified atom stereocenters. The predicted octanol–water partition coefficient (Wildman–Crippen LogP) is 2.00. The summed E-state index contributed by atoms with van der Waals surface area (Å²) in [7, 11) is 1.63. The standard InChI is InChI=1S/C25H26N2O4/c1-3-23(29)26-14-21-25(22(16-28)27(21)24(30)15-26)19-11-9-17(10-12-19)7-8-18-5-4-6-20(13-18)31-2/h4-6,9-13,21-22,25,28H,3,14-16H2,1-2H3/t21-,22-,25-/m1/s1. The molecule has 3 atom stereocenters. The second-order valence-electron chi connectivity index (χ2n) is 7.88. The Morgan fingerprint density at radius 3 is 2.58 bits per heavy atom. The summed E-state index contributed by atoms with van der Waals surface area (Å²) in [5.41, 5.74) is 2.80. The van der Waals surface area contributed by atoms with E-state index in [2.05, 4.69) is 11.8 Å². The Labute approximate surface area is 182 Å². The predicted molar refractivity (Wildman–Crippen MR) is 117 cm³/mol. The van der Waals surface area contributed by atoms with Crippen molar-refractivity contribution in [1.29, 1.82) is 0 Å². The van der Waals surface area contributed by atoms with Crippen molar-refractivity contribution in [3.05, 3.63) is 65.2 Å².